The maximum atomic E-state index is 11.7. The van der Waals surface area contributed by atoms with Crippen LogP contribution in [0.2, 0.25) is 0 Å². The number of hydrogen-bond acceptors (Lipinski definition) is 3. The van der Waals surface area contributed by atoms with E-state index in [0.29, 0.717) is 13.3 Å². The molecular weight excluding hydrogens is 180 g/mol. The molecule has 1 rings (SSSR count). The van der Waals surface area contributed by atoms with E-state index in [2.05, 4.69) is 12.2 Å². The van der Waals surface area contributed by atoms with Gasteiger partial charge < -0.3 is 9.64 Å². The van der Waals surface area contributed by atoms with Gasteiger partial charge in [0.25, 0.3) is 0 Å². The number of nitrogens with one attached hydrogen (secondary N) is 1. The lowest BCUT2D eigenvalue weighted by Crippen LogP contribution is -2.40. The lowest BCUT2D eigenvalue weighted by Gasteiger charge is -2.26. The molecule has 4 nitrogen and oxygen atoms in total. The summed E-state index contributed by atoms with van der Waals surface area (Å²) >= 11 is 0. The fourth-order valence-corrected chi connectivity index (χ4v) is 1.81. The van der Waals surface area contributed by atoms with Crippen LogP contribution in [-0.4, -0.2) is 43.3 Å². The van der Waals surface area contributed by atoms with Gasteiger partial charge in [-0.1, -0.05) is 13.3 Å². The largest absolute Gasteiger partial charge is 0.383 e. The minimum atomic E-state index is -0.0359. The van der Waals surface area contributed by atoms with Gasteiger partial charge in [0, 0.05) is 7.11 Å². The zero-order valence-electron chi connectivity index (χ0n) is 9.25. The van der Waals surface area contributed by atoms with Crippen LogP contribution in [0, 0.1) is 0 Å². The Morgan fingerprint density at radius 3 is 2.86 bits per heavy atom. The van der Waals surface area contributed by atoms with Crippen molar-refractivity contribution in [1.82, 2.24) is 10.2 Å². The van der Waals surface area contributed by atoms with Crippen LogP contribution in [0.3, 0.4) is 0 Å². The van der Waals surface area contributed by atoms with E-state index < -0.39 is 0 Å². The third-order valence-electron chi connectivity index (χ3n) is 2.64. The van der Waals surface area contributed by atoms with E-state index in [-0.39, 0.29) is 18.0 Å². The van der Waals surface area contributed by atoms with Crippen LogP contribution in [-0.2, 0) is 9.53 Å². The maximum absolute atomic E-state index is 11.7. The number of hydrogen-bond donors (Lipinski definition) is 1. The summed E-state index contributed by atoms with van der Waals surface area (Å²) in [5.41, 5.74) is 0. The van der Waals surface area contributed by atoms with Crippen molar-refractivity contribution in [2.45, 2.75) is 38.8 Å². The molecule has 14 heavy (non-hydrogen) atoms. The zero-order valence-corrected chi connectivity index (χ0v) is 9.25. The molecule has 1 aliphatic heterocycles. The topological polar surface area (TPSA) is 41.6 Å². The molecule has 1 aliphatic rings. The van der Waals surface area contributed by atoms with Crippen molar-refractivity contribution in [3.63, 3.8) is 0 Å². The van der Waals surface area contributed by atoms with Gasteiger partial charge in [-0.05, 0) is 13.3 Å². The zero-order chi connectivity index (χ0) is 10.6. The smallest absolute Gasteiger partial charge is 0.240 e. The Kier molecular flexibility index (Phi) is 4.35. The van der Waals surface area contributed by atoms with Crippen molar-refractivity contribution in [3.05, 3.63) is 0 Å². The van der Waals surface area contributed by atoms with Crippen molar-refractivity contribution in [3.8, 4) is 0 Å². The first kappa shape index (κ1) is 11.5. The van der Waals surface area contributed by atoms with Gasteiger partial charge in [-0.25, -0.2) is 0 Å². The predicted molar refractivity (Wildman–Crippen MR) is 54.9 cm³/mol. The Labute approximate surface area is 85.6 Å². The van der Waals surface area contributed by atoms with Crippen LogP contribution in [0.5, 0.6) is 0 Å². The second-order valence-corrected chi connectivity index (χ2v) is 3.79. The number of amides is 1. The molecule has 1 saturated heterocycles. The van der Waals surface area contributed by atoms with Gasteiger partial charge >= 0.3 is 0 Å². The molecule has 4 heteroatoms. The Morgan fingerprint density at radius 1 is 1.71 bits per heavy atom. The highest BCUT2D eigenvalue weighted by Gasteiger charge is 2.32. The lowest BCUT2D eigenvalue weighted by atomic mass is 10.1. The maximum Gasteiger partial charge on any atom is 0.240 e. The molecule has 0 radical (unpaired) electrons. The Balaban J connectivity index is 2.54. The summed E-state index contributed by atoms with van der Waals surface area (Å²) in [6.45, 7) is 5.32. The molecule has 0 aromatic heterocycles. The van der Waals surface area contributed by atoms with Crippen LogP contribution >= 0.6 is 0 Å². The monoisotopic (exact) mass is 200 g/mol. The minimum absolute atomic E-state index is 0.0359. The molecule has 0 bridgehead atoms. The molecule has 0 spiro atoms. The summed E-state index contributed by atoms with van der Waals surface area (Å²) in [4.78, 5) is 13.6. The van der Waals surface area contributed by atoms with Crippen LogP contribution in [0.4, 0.5) is 0 Å². The number of ether oxygens (including phenoxy) is 1. The highest BCUT2D eigenvalue weighted by Crippen LogP contribution is 2.12. The third kappa shape index (κ3) is 2.45. The summed E-state index contributed by atoms with van der Waals surface area (Å²) < 4.78 is 5.13. The van der Waals surface area contributed by atoms with Crippen LogP contribution in [0.15, 0.2) is 0 Å². The summed E-state index contributed by atoms with van der Waals surface area (Å²) in [5.74, 6) is 0.195. The molecule has 82 valence electrons. The van der Waals surface area contributed by atoms with E-state index in [9.17, 15) is 4.79 Å². The summed E-state index contributed by atoms with van der Waals surface area (Å²) in [6.07, 6.45) is 2.08. The third-order valence-corrected chi connectivity index (χ3v) is 2.64. The normalized spacial score (nSPS) is 24.4. The summed E-state index contributed by atoms with van der Waals surface area (Å²) in [7, 11) is 1.68. The lowest BCUT2D eigenvalue weighted by molar-refractivity contribution is -0.131. The molecule has 0 saturated carbocycles. The fourth-order valence-electron chi connectivity index (χ4n) is 1.81. The summed E-state index contributed by atoms with van der Waals surface area (Å²) in [6, 6.07) is 0.196. The van der Waals surface area contributed by atoms with E-state index in [1.807, 2.05) is 11.8 Å². The molecule has 0 aromatic carbocycles. The first-order valence-corrected chi connectivity index (χ1v) is 5.23. The van der Waals surface area contributed by atoms with E-state index >= 15 is 0 Å². The molecule has 1 heterocycles. The van der Waals surface area contributed by atoms with Gasteiger partial charge in [0.15, 0.2) is 0 Å². The van der Waals surface area contributed by atoms with Crippen molar-refractivity contribution >= 4 is 5.91 Å². The van der Waals surface area contributed by atoms with Gasteiger partial charge in [-0.3, -0.25) is 10.1 Å². The summed E-state index contributed by atoms with van der Waals surface area (Å²) in [5, 5.41) is 3.14. The second kappa shape index (κ2) is 5.32. The van der Waals surface area contributed by atoms with Crippen molar-refractivity contribution in [1.29, 1.82) is 0 Å². The molecule has 1 N–H and O–H groups in total. The fraction of sp³-hybridized carbons (Fsp3) is 0.900. The van der Waals surface area contributed by atoms with Crippen LogP contribution in [0.25, 0.3) is 0 Å². The van der Waals surface area contributed by atoms with Gasteiger partial charge in [-0.2, -0.15) is 0 Å². The molecule has 2 atom stereocenters. The number of carbonyl (C=O) groups is 1. The van der Waals surface area contributed by atoms with Crippen LogP contribution in [0.1, 0.15) is 26.7 Å². The SMILES string of the molecule is CCCC(COC)N1CNC(C)C1=O. The van der Waals surface area contributed by atoms with E-state index in [1.165, 1.54) is 0 Å². The van der Waals surface area contributed by atoms with E-state index in [4.69, 9.17) is 4.74 Å². The number of nitrogens with zero attached hydrogens (tertiary/aromatic N) is 1. The molecule has 0 aliphatic carbocycles. The van der Waals surface area contributed by atoms with Gasteiger partial charge in [0.05, 0.1) is 25.4 Å². The standard InChI is InChI=1S/C10H20N2O2/c1-4-5-9(6-14-3)12-7-11-8(2)10(12)13/h8-9,11H,4-7H2,1-3H3. The van der Waals surface area contributed by atoms with Crippen molar-refractivity contribution < 1.29 is 9.53 Å². The number of carbonyl (C=O) groups excluding carboxylic acids is 1. The van der Waals surface area contributed by atoms with Gasteiger partial charge in [0.2, 0.25) is 5.91 Å². The van der Waals surface area contributed by atoms with Gasteiger partial charge in [0.1, 0.15) is 0 Å². The first-order chi connectivity index (χ1) is 6.70. The Bertz CT molecular complexity index is 191. The van der Waals surface area contributed by atoms with E-state index in [1.54, 1.807) is 7.11 Å². The molecule has 1 fully saturated rings. The number of methoxy groups -OCH3 is 1. The minimum Gasteiger partial charge on any atom is -0.383 e. The highest BCUT2D eigenvalue weighted by molar-refractivity contribution is 5.83. The number of rotatable bonds is 5. The molecule has 1 amide bonds. The Hall–Kier alpha value is -0.610. The first-order valence-electron chi connectivity index (χ1n) is 5.23. The molecule has 0 aromatic rings. The molecule has 2 unspecified atom stereocenters. The average Bonchev–Trinajstić information content (AvgIpc) is 2.48. The average molecular weight is 200 g/mol. The van der Waals surface area contributed by atoms with Gasteiger partial charge in [-0.15, -0.1) is 0 Å². The molecular formula is C10H20N2O2. The predicted octanol–water partition coefficient (Wildman–Crippen LogP) is 0.579. The van der Waals surface area contributed by atoms with Crippen molar-refractivity contribution in [2.24, 2.45) is 0 Å². The van der Waals surface area contributed by atoms with Crippen LogP contribution < -0.4 is 5.32 Å². The van der Waals surface area contributed by atoms with E-state index in [0.717, 1.165) is 12.8 Å². The Morgan fingerprint density at radius 2 is 2.43 bits per heavy atom. The highest BCUT2D eigenvalue weighted by atomic mass is 16.5. The quantitative estimate of drug-likeness (QED) is 0.706. The van der Waals surface area contributed by atoms with Crippen molar-refractivity contribution in [2.75, 3.05) is 20.4 Å². The second-order valence-electron chi connectivity index (χ2n) is 3.79.